The highest BCUT2D eigenvalue weighted by molar-refractivity contribution is 5.65. The number of rotatable bonds is 6. The van der Waals surface area contributed by atoms with Gasteiger partial charge in [-0.1, -0.05) is 0 Å². The Morgan fingerprint density at radius 2 is 1.18 bits per heavy atom. The normalized spacial score (nSPS) is 16.5. The monoisotopic (exact) mass is 446 g/mol. The van der Waals surface area contributed by atoms with Crippen molar-refractivity contribution in [3.8, 4) is 0 Å². The Kier molecular flexibility index (Phi) is 6.55. The molecule has 2 fully saturated rings. The number of benzene rings is 2. The molecular formula is C25H30N6O2. The van der Waals surface area contributed by atoms with Gasteiger partial charge in [0.1, 0.15) is 5.82 Å². The van der Waals surface area contributed by atoms with Gasteiger partial charge in [-0.25, -0.2) is 4.98 Å². The molecule has 3 aromatic rings. The first-order valence-electron chi connectivity index (χ1n) is 11.5. The van der Waals surface area contributed by atoms with E-state index in [4.69, 9.17) is 14.5 Å². The topological polar surface area (TPSA) is 74.8 Å². The van der Waals surface area contributed by atoms with Crippen molar-refractivity contribution in [2.75, 3.05) is 73.0 Å². The molecule has 0 amide bonds. The van der Waals surface area contributed by atoms with Crippen molar-refractivity contribution in [1.82, 2.24) is 9.97 Å². The molecule has 0 radical (unpaired) electrons. The first-order valence-corrected chi connectivity index (χ1v) is 11.5. The van der Waals surface area contributed by atoms with Gasteiger partial charge in [-0.15, -0.1) is 0 Å². The Balaban J connectivity index is 1.24. The van der Waals surface area contributed by atoms with Crippen LogP contribution in [0.25, 0.3) is 0 Å². The molecule has 2 aliphatic rings. The lowest BCUT2D eigenvalue weighted by atomic mass is 10.2. The molecule has 33 heavy (non-hydrogen) atoms. The predicted molar refractivity (Wildman–Crippen MR) is 132 cm³/mol. The summed E-state index contributed by atoms with van der Waals surface area (Å²) in [4.78, 5) is 13.8. The van der Waals surface area contributed by atoms with Gasteiger partial charge in [-0.2, -0.15) is 4.98 Å². The lowest BCUT2D eigenvalue weighted by Crippen LogP contribution is -2.36. The Bertz CT molecular complexity index is 1050. The fourth-order valence-electron chi connectivity index (χ4n) is 4.05. The largest absolute Gasteiger partial charge is 0.378 e. The van der Waals surface area contributed by atoms with Gasteiger partial charge in [0.15, 0.2) is 0 Å². The average Bonchev–Trinajstić information content (AvgIpc) is 2.88. The van der Waals surface area contributed by atoms with Crippen molar-refractivity contribution in [3.63, 3.8) is 0 Å². The number of aromatic nitrogens is 2. The van der Waals surface area contributed by atoms with Crippen molar-refractivity contribution in [1.29, 1.82) is 0 Å². The van der Waals surface area contributed by atoms with E-state index >= 15 is 0 Å². The van der Waals surface area contributed by atoms with Crippen molar-refractivity contribution in [2.24, 2.45) is 0 Å². The second kappa shape index (κ2) is 10.1. The zero-order chi connectivity index (χ0) is 22.5. The quantitative estimate of drug-likeness (QED) is 0.590. The summed E-state index contributed by atoms with van der Waals surface area (Å²) >= 11 is 0. The predicted octanol–water partition coefficient (Wildman–Crippen LogP) is 3.95. The molecule has 0 bridgehead atoms. The molecule has 5 rings (SSSR count). The highest BCUT2D eigenvalue weighted by Crippen LogP contribution is 2.25. The van der Waals surface area contributed by atoms with Crippen LogP contribution in [0.4, 0.5) is 34.5 Å². The van der Waals surface area contributed by atoms with Crippen LogP contribution in [0.3, 0.4) is 0 Å². The standard InChI is InChI=1S/C25H30N6O2/c1-19-18-26-25(28-21-4-8-23(9-5-21)31-12-16-33-17-13-31)29-24(19)27-20-2-6-22(7-3-20)30-10-14-32-15-11-30/h2-9,18H,10-17H2,1H3,(H2,26,27,28,29). The third-order valence-electron chi connectivity index (χ3n) is 5.98. The number of nitrogens with one attached hydrogen (secondary N) is 2. The van der Waals surface area contributed by atoms with E-state index in [1.165, 1.54) is 11.4 Å². The first kappa shape index (κ1) is 21.5. The molecule has 0 spiro atoms. The second-order valence-corrected chi connectivity index (χ2v) is 8.27. The second-order valence-electron chi connectivity index (χ2n) is 8.27. The van der Waals surface area contributed by atoms with Crippen LogP contribution in [0, 0.1) is 6.92 Å². The molecule has 2 aliphatic heterocycles. The molecule has 3 heterocycles. The van der Waals surface area contributed by atoms with Crippen molar-refractivity contribution >= 4 is 34.5 Å². The SMILES string of the molecule is Cc1cnc(Nc2ccc(N3CCOCC3)cc2)nc1Nc1ccc(N2CCOCC2)cc1. The fraction of sp³-hybridized carbons (Fsp3) is 0.360. The van der Waals surface area contributed by atoms with Crippen LogP contribution in [0.15, 0.2) is 54.7 Å². The van der Waals surface area contributed by atoms with Crippen LogP contribution >= 0.6 is 0 Å². The molecule has 0 atom stereocenters. The molecule has 2 saturated heterocycles. The van der Waals surface area contributed by atoms with Gasteiger partial charge in [-0.05, 0) is 55.5 Å². The van der Waals surface area contributed by atoms with Gasteiger partial charge in [0.2, 0.25) is 5.95 Å². The number of anilines is 6. The third kappa shape index (κ3) is 5.35. The van der Waals surface area contributed by atoms with Crippen LogP contribution in [0.2, 0.25) is 0 Å². The smallest absolute Gasteiger partial charge is 0.229 e. The zero-order valence-electron chi connectivity index (χ0n) is 19.0. The summed E-state index contributed by atoms with van der Waals surface area (Å²) < 4.78 is 10.9. The molecular weight excluding hydrogens is 416 g/mol. The summed E-state index contributed by atoms with van der Waals surface area (Å²) in [6.45, 7) is 8.85. The lowest BCUT2D eigenvalue weighted by molar-refractivity contribution is 0.122. The van der Waals surface area contributed by atoms with Gasteiger partial charge < -0.3 is 29.9 Å². The number of morpholine rings is 2. The maximum atomic E-state index is 5.44. The van der Waals surface area contributed by atoms with Gasteiger partial charge >= 0.3 is 0 Å². The Morgan fingerprint density at radius 1 is 0.697 bits per heavy atom. The number of aryl methyl sites for hydroxylation is 1. The zero-order valence-corrected chi connectivity index (χ0v) is 19.0. The summed E-state index contributed by atoms with van der Waals surface area (Å²) in [6, 6.07) is 16.8. The van der Waals surface area contributed by atoms with E-state index in [2.05, 4.69) is 73.9 Å². The number of nitrogens with zero attached hydrogens (tertiary/aromatic N) is 4. The fourth-order valence-corrected chi connectivity index (χ4v) is 4.05. The molecule has 172 valence electrons. The minimum atomic E-state index is 0.562. The number of ether oxygens (including phenoxy) is 2. The summed E-state index contributed by atoms with van der Waals surface area (Å²) in [5.74, 6) is 1.35. The van der Waals surface area contributed by atoms with Crippen molar-refractivity contribution in [2.45, 2.75) is 6.92 Å². The minimum Gasteiger partial charge on any atom is -0.378 e. The number of hydrogen-bond donors (Lipinski definition) is 2. The molecule has 0 unspecified atom stereocenters. The molecule has 1 aromatic heterocycles. The van der Waals surface area contributed by atoms with E-state index < -0.39 is 0 Å². The van der Waals surface area contributed by atoms with Gasteiger partial charge in [-0.3, -0.25) is 0 Å². The van der Waals surface area contributed by atoms with E-state index in [0.29, 0.717) is 5.95 Å². The average molecular weight is 447 g/mol. The Hall–Kier alpha value is -3.36. The molecule has 0 saturated carbocycles. The molecule has 0 aliphatic carbocycles. The number of hydrogen-bond acceptors (Lipinski definition) is 8. The summed E-state index contributed by atoms with van der Waals surface area (Å²) in [5.41, 5.74) is 5.36. The highest BCUT2D eigenvalue weighted by atomic mass is 16.5. The summed E-state index contributed by atoms with van der Waals surface area (Å²) in [6.07, 6.45) is 1.84. The van der Waals surface area contributed by atoms with Crippen molar-refractivity contribution in [3.05, 3.63) is 60.3 Å². The van der Waals surface area contributed by atoms with Crippen LogP contribution in [-0.2, 0) is 9.47 Å². The van der Waals surface area contributed by atoms with E-state index in [9.17, 15) is 0 Å². The lowest BCUT2D eigenvalue weighted by Gasteiger charge is -2.29. The van der Waals surface area contributed by atoms with Crippen LogP contribution in [-0.4, -0.2) is 62.6 Å². The Morgan fingerprint density at radius 3 is 1.70 bits per heavy atom. The third-order valence-corrected chi connectivity index (χ3v) is 5.98. The van der Waals surface area contributed by atoms with Crippen LogP contribution < -0.4 is 20.4 Å². The van der Waals surface area contributed by atoms with Crippen LogP contribution in [0.1, 0.15) is 5.56 Å². The molecule has 2 N–H and O–H groups in total. The van der Waals surface area contributed by atoms with Gasteiger partial charge in [0.25, 0.3) is 0 Å². The van der Waals surface area contributed by atoms with E-state index in [1.54, 1.807) is 0 Å². The van der Waals surface area contributed by atoms with E-state index in [1.807, 2.05) is 13.1 Å². The van der Waals surface area contributed by atoms with E-state index in [0.717, 1.165) is 75.4 Å². The van der Waals surface area contributed by atoms with Gasteiger partial charge in [0.05, 0.1) is 26.4 Å². The molecule has 2 aromatic carbocycles. The highest BCUT2D eigenvalue weighted by Gasteiger charge is 2.12. The van der Waals surface area contributed by atoms with E-state index in [-0.39, 0.29) is 0 Å². The summed E-state index contributed by atoms with van der Waals surface area (Å²) in [5, 5.41) is 6.74. The first-order chi connectivity index (χ1) is 16.2. The minimum absolute atomic E-state index is 0.562. The summed E-state index contributed by atoms with van der Waals surface area (Å²) in [7, 11) is 0. The van der Waals surface area contributed by atoms with Crippen LogP contribution in [0.5, 0.6) is 0 Å². The molecule has 8 nitrogen and oxygen atoms in total. The van der Waals surface area contributed by atoms with Crippen molar-refractivity contribution < 1.29 is 9.47 Å². The molecule has 8 heteroatoms. The maximum absolute atomic E-state index is 5.44. The maximum Gasteiger partial charge on any atom is 0.229 e. The Labute approximate surface area is 194 Å². The van der Waals surface area contributed by atoms with Gasteiger partial charge in [0, 0.05) is 60.7 Å².